The lowest BCUT2D eigenvalue weighted by molar-refractivity contribution is 0.0775. The summed E-state index contributed by atoms with van der Waals surface area (Å²) in [4.78, 5) is 0. The molecule has 0 saturated heterocycles. The third-order valence-electron chi connectivity index (χ3n) is 5.17. The molecule has 2 aromatic rings. The molecule has 1 heterocycles. The van der Waals surface area contributed by atoms with E-state index >= 15 is 0 Å². The smallest absolute Gasteiger partial charge is 0.231 e. The van der Waals surface area contributed by atoms with Gasteiger partial charge in [0, 0.05) is 5.92 Å². The van der Waals surface area contributed by atoms with E-state index in [2.05, 4.69) is 31.7 Å². The van der Waals surface area contributed by atoms with Crippen LogP contribution in [0.1, 0.15) is 35.6 Å². The lowest BCUT2D eigenvalue weighted by Crippen LogP contribution is -2.31. The fourth-order valence-electron chi connectivity index (χ4n) is 3.93. The molecule has 0 fully saturated rings. The standard InChI is InChI=1S/C20H20O3/c1-3-14-12(2)20(21)16-7-5-4-6-15(16)19(14)13-8-9-17-18(10-13)23-11-22-17/h3-10,12,14,19-21H,1,11H2,2H3/t12-,14+,19-,20-/m0/s1. The summed E-state index contributed by atoms with van der Waals surface area (Å²) in [6, 6.07) is 14.3. The Bertz CT molecular complexity index is 752. The maximum Gasteiger partial charge on any atom is 0.231 e. The quantitative estimate of drug-likeness (QED) is 0.851. The van der Waals surface area contributed by atoms with Crippen molar-refractivity contribution < 1.29 is 14.6 Å². The van der Waals surface area contributed by atoms with Crippen LogP contribution in [-0.4, -0.2) is 11.9 Å². The van der Waals surface area contributed by atoms with Crippen LogP contribution in [0.5, 0.6) is 11.5 Å². The zero-order chi connectivity index (χ0) is 16.0. The van der Waals surface area contributed by atoms with Gasteiger partial charge in [0.05, 0.1) is 6.10 Å². The number of fused-ring (bicyclic) bond motifs is 2. The fraction of sp³-hybridized carbons (Fsp3) is 0.300. The summed E-state index contributed by atoms with van der Waals surface area (Å²) in [7, 11) is 0. The molecule has 1 aliphatic carbocycles. The molecular formula is C20H20O3. The minimum Gasteiger partial charge on any atom is -0.454 e. The first-order chi connectivity index (χ1) is 11.2. The zero-order valence-corrected chi connectivity index (χ0v) is 13.1. The molecule has 0 aromatic heterocycles. The summed E-state index contributed by atoms with van der Waals surface area (Å²) < 4.78 is 11.0. The molecule has 3 nitrogen and oxygen atoms in total. The molecule has 118 valence electrons. The highest BCUT2D eigenvalue weighted by Gasteiger charge is 2.39. The highest BCUT2D eigenvalue weighted by atomic mass is 16.7. The maximum atomic E-state index is 10.7. The Hall–Kier alpha value is -2.26. The van der Waals surface area contributed by atoms with Crippen LogP contribution in [0.2, 0.25) is 0 Å². The lowest BCUT2D eigenvalue weighted by atomic mass is 9.66. The van der Waals surface area contributed by atoms with Gasteiger partial charge in [-0.3, -0.25) is 0 Å². The first kappa shape index (κ1) is 14.3. The van der Waals surface area contributed by atoms with Crippen LogP contribution in [-0.2, 0) is 0 Å². The molecule has 1 aliphatic heterocycles. The number of benzene rings is 2. The van der Waals surface area contributed by atoms with E-state index < -0.39 is 6.10 Å². The lowest BCUT2D eigenvalue weighted by Gasteiger charge is -2.40. The molecule has 4 rings (SSSR count). The first-order valence-electron chi connectivity index (χ1n) is 7.99. The van der Waals surface area contributed by atoms with Crippen molar-refractivity contribution in [1.29, 1.82) is 0 Å². The second kappa shape index (κ2) is 5.43. The molecule has 0 amide bonds. The van der Waals surface area contributed by atoms with E-state index in [4.69, 9.17) is 9.47 Å². The Labute approximate surface area is 136 Å². The van der Waals surface area contributed by atoms with E-state index in [0.29, 0.717) is 0 Å². The normalized spacial score (nSPS) is 28.3. The van der Waals surface area contributed by atoms with Crippen molar-refractivity contribution in [2.75, 3.05) is 6.79 Å². The number of hydrogen-bond acceptors (Lipinski definition) is 3. The van der Waals surface area contributed by atoms with Gasteiger partial charge in [-0.05, 0) is 40.7 Å². The van der Waals surface area contributed by atoms with E-state index in [1.165, 1.54) is 11.1 Å². The van der Waals surface area contributed by atoms with Gasteiger partial charge < -0.3 is 14.6 Å². The second-order valence-electron chi connectivity index (χ2n) is 6.34. The van der Waals surface area contributed by atoms with Crippen LogP contribution >= 0.6 is 0 Å². The summed E-state index contributed by atoms with van der Waals surface area (Å²) in [5.41, 5.74) is 3.35. The van der Waals surface area contributed by atoms with Crippen molar-refractivity contribution in [1.82, 2.24) is 0 Å². The Balaban J connectivity index is 1.87. The van der Waals surface area contributed by atoms with Gasteiger partial charge in [-0.25, -0.2) is 0 Å². The Morgan fingerprint density at radius 1 is 1.09 bits per heavy atom. The number of aliphatic hydroxyl groups is 1. The molecule has 2 aromatic carbocycles. The van der Waals surface area contributed by atoms with Crippen molar-refractivity contribution in [2.24, 2.45) is 11.8 Å². The van der Waals surface area contributed by atoms with Crippen LogP contribution in [0, 0.1) is 11.8 Å². The largest absolute Gasteiger partial charge is 0.454 e. The summed E-state index contributed by atoms with van der Waals surface area (Å²) in [6.07, 6.45) is 1.51. The van der Waals surface area contributed by atoms with Gasteiger partial charge in [0.25, 0.3) is 0 Å². The monoisotopic (exact) mass is 308 g/mol. The third kappa shape index (κ3) is 2.15. The van der Waals surface area contributed by atoms with Crippen LogP contribution in [0.25, 0.3) is 0 Å². The van der Waals surface area contributed by atoms with Crippen LogP contribution in [0.4, 0.5) is 0 Å². The predicted octanol–water partition coefficient (Wildman–Crippen LogP) is 4.03. The summed E-state index contributed by atoms with van der Waals surface area (Å²) in [5.74, 6) is 2.03. The highest BCUT2D eigenvalue weighted by Crippen LogP contribution is 2.49. The number of rotatable bonds is 2. The molecule has 0 radical (unpaired) electrons. The second-order valence-corrected chi connectivity index (χ2v) is 6.34. The van der Waals surface area contributed by atoms with Crippen LogP contribution < -0.4 is 9.47 Å². The molecule has 0 spiro atoms. The van der Waals surface area contributed by atoms with Gasteiger partial charge in [0.1, 0.15) is 0 Å². The Morgan fingerprint density at radius 3 is 2.61 bits per heavy atom. The van der Waals surface area contributed by atoms with Crippen molar-refractivity contribution in [3.63, 3.8) is 0 Å². The topological polar surface area (TPSA) is 38.7 Å². The molecule has 3 heteroatoms. The van der Waals surface area contributed by atoms with Crippen molar-refractivity contribution >= 4 is 0 Å². The van der Waals surface area contributed by atoms with E-state index in [1.807, 2.05) is 30.3 Å². The van der Waals surface area contributed by atoms with Crippen molar-refractivity contribution in [3.05, 3.63) is 71.8 Å². The molecular weight excluding hydrogens is 288 g/mol. The van der Waals surface area contributed by atoms with Gasteiger partial charge in [0.2, 0.25) is 6.79 Å². The zero-order valence-electron chi connectivity index (χ0n) is 13.1. The molecule has 23 heavy (non-hydrogen) atoms. The van der Waals surface area contributed by atoms with Crippen LogP contribution in [0.15, 0.2) is 55.1 Å². The first-order valence-corrected chi connectivity index (χ1v) is 7.99. The SMILES string of the molecule is C=C[C@H]1[C@H](c2ccc3c(c2)OCO3)c2ccccc2[C@@H](O)[C@H]1C. The molecule has 0 unspecified atom stereocenters. The summed E-state index contributed by atoms with van der Waals surface area (Å²) in [5, 5.41) is 10.7. The third-order valence-corrected chi connectivity index (χ3v) is 5.17. The number of ether oxygens (including phenoxy) is 2. The van der Waals surface area contributed by atoms with Crippen LogP contribution in [0.3, 0.4) is 0 Å². The number of allylic oxidation sites excluding steroid dienone is 1. The van der Waals surface area contributed by atoms with Gasteiger partial charge >= 0.3 is 0 Å². The average molecular weight is 308 g/mol. The number of aliphatic hydroxyl groups excluding tert-OH is 1. The van der Waals surface area contributed by atoms with E-state index in [1.54, 1.807) is 0 Å². The maximum absolute atomic E-state index is 10.7. The predicted molar refractivity (Wildman–Crippen MR) is 88.7 cm³/mol. The van der Waals surface area contributed by atoms with Gasteiger partial charge in [-0.2, -0.15) is 0 Å². The fourth-order valence-corrected chi connectivity index (χ4v) is 3.93. The van der Waals surface area contributed by atoms with E-state index in [9.17, 15) is 5.11 Å². The van der Waals surface area contributed by atoms with Crippen molar-refractivity contribution in [2.45, 2.75) is 18.9 Å². The highest BCUT2D eigenvalue weighted by molar-refractivity contribution is 5.50. The number of hydrogen-bond donors (Lipinski definition) is 1. The summed E-state index contributed by atoms with van der Waals surface area (Å²) in [6.45, 7) is 6.39. The van der Waals surface area contributed by atoms with E-state index in [0.717, 1.165) is 17.1 Å². The van der Waals surface area contributed by atoms with Crippen molar-refractivity contribution in [3.8, 4) is 11.5 Å². The molecule has 2 aliphatic rings. The van der Waals surface area contributed by atoms with Gasteiger partial charge in [-0.15, -0.1) is 6.58 Å². The molecule has 0 bridgehead atoms. The molecule has 0 saturated carbocycles. The Morgan fingerprint density at radius 2 is 1.83 bits per heavy atom. The van der Waals surface area contributed by atoms with Gasteiger partial charge in [-0.1, -0.05) is 43.3 Å². The molecule has 4 atom stereocenters. The van der Waals surface area contributed by atoms with Gasteiger partial charge in [0.15, 0.2) is 11.5 Å². The average Bonchev–Trinajstić information content (AvgIpc) is 3.05. The minimum atomic E-state index is -0.459. The summed E-state index contributed by atoms with van der Waals surface area (Å²) >= 11 is 0. The Kier molecular flexibility index (Phi) is 3.38. The molecule has 1 N–H and O–H groups in total. The van der Waals surface area contributed by atoms with E-state index in [-0.39, 0.29) is 24.5 Å². The minimum absolute atomic E-state index is 0.109.